The standard InChI is InChI=1S/C15H18N2O3/c1-2-19-13(11-8-9-11)14-16-15(20-17-14)12(18)10-6-4-3-5-7-10/h3-7,11-13,18H,2,8-9H2,1H3. The van der Waals surface area contributed by atoms with Crippen molar-refractivity contribution in [2.24, 2.45) is 5.92 Å². The maximum Gasteiger partial charge on any atom is 0.260 e. The summed E-state index contributed by atoms with van der Waals surface area (Å²) in [5, 5.41) is 14.2. The highest BCUT2D eigenvalue weighted by atomic mass is 16.5. The Morgan fingerprint density at radius 1 is 1.35 bits per heavy atom. The summed E-state index contributed by atoms with van der Waals surface area (Å²) >= 11 is 0. The van der Waals surface area contributed by atoms with Gasteiger partial charge >= 0.3 is 0 Å². The van der Waals surface area contributed by atoms with Gasteiger partial charge in [-0.1, -0.05) is 35.5 Å². The van der Waals surface area contributed by atoms with E-state index in [2.05, 4.69) is 10.1 Å². The molecule has 2 atom stereocenters. The van der Waals surface area contributed by atoms with E-state index >= 15 is 0 Å². The lowest BCUT2D eigenvalue weighted by Crippen LogP contribution is -2.09. The van der Waals surface area contributed by atoms with Gasteiger partial charge in [-0.05, 0) is 31.2 Å². The van der Waals surface area contributed by atoms with Gasteiger partial charge in [-0.2, -0.15) is 4.98 Å². The summed E-state index contributed by atoms with van der Waals surface area (Å²) in [6.07, 6.45) is 1.27. The molecule has 0 spiro atoms. The van der Waals surface area contributed by atoms with Crippen LogP contribution in [0.15, 0.2) is 34.9 Å². The summed E-state index contributed by atoms with van der Waals surface area (Å²) in [5.74, 6) is 1.24. The fourth-order valence-electron chi connectivity index (χ4n) is 2.25. The van der Waals surface area contributed by atoms with E-state index in [4.69, 9.17) is 9.26 Å². The summed E-state index contributed by atoms with van der Waals surface area (Å²) in [6.45, 7) is 2.57. The first-order chi connectivity index (χ1) is 9.79. The van der Waals surface area contributed by atoms with E-state index in [-0.39, 0.29) is 12.0 Å². The quantitative estimate of drug-likeness (QED) is 0.877. The van der Waals surface area contributed by atoms with Crippen molar-refractivity contribution in [1.29, 1.82) is 0 Å². The zero-order chi connectivity index (χ0) is 13.9. The minimum Gasteiger partial charge on any atom is -0.378 e. The molecule has 0 radical (unpaired) electrons. The minimum atomic E-state index is -0.890. The molecule has 1 N–H and O–H groups in total. The predicted molar refractivity (Wildman–Crippen MR) is 71.9 cm³/mol. The topological polar surface area (TPSA) is 68.4 Å². The third-order valence-electron chi connectivity index (χ3n) is 3.46. The summed E-state index contributed by atoms with van der Waals surface area (Å²) in [5.41, 5.74) is 0.738. The third-order valence-corrected chi connectivity index (χ3v) is 3.46. The number of aromatic nitrogens is 2. The molecule has 2 unspecified atom stereocenters. The van der Waals surface area contributed by atoms with Gasteiger partial charge in [0.25, 0.3) is 5.89 Å². The van der Waals surface area contributed by atoms with E-state index in [1.165, 1.54) is 0 Å². The van der Waals surface area contributed by atoms with E-state index in [9.17, 15) is 5.11 Å². The second-order valence-electron chi connectivity index (χ2n) is 5.02. The van der Waals surface area contributed by atoms with Gasteiger partial charge < -0.3 is 14.4 Å². The number of hydrogen-bond donors (Lipinski definition) is 1. The Morgan fingerprint density at radius 2 is 2.10 bits per heavy atom. The van der Waals surface area contributed by atoms with Crippen molar-refractivity contribution in [2.75, 3.05) is 6.61 Å². The largest absolute Gasteiger partial charge is 0.378 e. The second-order valence-corrected chi connectivity index (χ2v) is 5.02. The molecular weight excluding hydrogens is 256 g/mol. The highest BCUT2D eigenvalue weighted by molar-refractivity contribution is 5.21. The Bertz CT molecular complexity index is 551. The normalized spacial score (nSPS) is 17.9. The first-order valence-corrected chi connectivity index (χ1v) is 6.97. The molecule has 5 nitrogen and oxygen atoms in total. The van der Waals surface area contributed by atoms with Crippen LogP contribution in [0.5, 0.6) is 0 Å². The lowest BCUT2D eigenvalue weighted by atomic mass is 10.1. The van der Waals surface area contributed by atoms with Crippen LogP contribution >= 0.6 is 0 Å². The lowest BCUT2D eigenvalue weighted by Gasteiger charge is -2.11. The molecule has 20 heavy (non-hydrogen) atoms. The summed E-state index contributed by atoms with van der Waals surface area (Å²) < 4.78 is 10.9. The Hall–Kier alpha value is -1.72. The number of aliphatic hydroxyl groups excluding tert-OH is 1. The van der Waals surface area contributed by atoms with Gasteiger partial charge in [0.15, 0.2) is 6.10 Å². The number of aliphatic hydroxyl groups is 1. The zero-order valence-corrected chi connectivity index (χ0v) is 11.4. The zero-order valence-electron chi connectivity index (χ0n) is 11.4. The molecule has 2 aromatic rings. The Balaban J connectivity index is 1.79. The van der Waals surface area contributed by atoms with Crippen molar-refractivity contribution in [3.63, 3.8) is 0 Å². The molecule has 1 aromatic heterocycles. The van der Waals surface area contributed by atoms with E-state index in [0.29, 0.717) is 18.3 Å². The monoisotopic (exact) mass is 274 g/mol. The van der Waals surface area contributed by atoms with Gasteiger partial charge in [-0.15, -0.1) is 0 Å². The maximum atomic E-state index is 10.2. The van der Waals surface area contributed by atoms with E-state index in [1.807, 2.05) is 37.3 Å². The third kappa shape index (κ3) is 2.73. The average Bonchev–Trinajstić information content (AvgIpc) is 3.21. The van der Waals surface area contributed by atoms with Crippen molar-refractivity contribution < 1.29 is 14.4 Å². The van der Waals surface area contributed by atoms with E-state index in [1.54, 1.807) is 0 Å². The molecule has 1 heterocycles. The average molecular weight is 274 g/mol. The summed E-state index contributed by atoms with van der Waals surface area (Å²) in [4.78, 5) is 4.31. The Kier molecular flexibility index (Phi) is 3.80. The molecule has 1 aliphatic rings. The van der Waals surface area contributed by atoms with E-state index in [0.717, 1.165) is 18.4 Å². The minimum absolute atomic E-state index is 0.111. The molecule has 1 saturated carbocycles. The Morgan fingerprint density at radius 3 is 2.75 bits per heavy atom. The molecule has 1 aromatic carbocycles. The molecule has 0 saturated heterocycles. The van der Waals surface area contributed by atoms with Gasteiger partial charge in [0, 0.05) is 6.61 Å². The van der Waals surface area contributed by atoms with Crippen LogP contribution in [-0.4, -0.2) is 21.9 Å². The fraction of sp³-hybridized carbons (Fsp3) is 0.467. The van der Waals surface area contributed by atoms with Crippen molar-refractivity contribution >= 4 is 0 Å². The first kappa shape index (κ1) is 13.3. The van der Waals surface area contributed by atoms with Crippen LogP contribution < -0.4 is 0 Å². The molecule has 0 aliphatic heterocycles. The molecule has 0 bridgehead atoms. The molecule has 3 rings (SSSR count). The molecule has 5 heteroatoms. The SMILES string of the molecule is CCOC(c1noc(C(O)c2ccccc2)n1)C1CC1. The van der Waals surface area contributed by atoms with Crippen LogP contribution in [0.2, 0.25) is 0 Å². The molecule has 106 valence electrons. The van der Waals surface area contributed by atoms with Crippen LogP contribution in [0, 0.1) is 5.92 Å². The van der Waals surface area contributed by atoms with Crippen molar-refractivity contribution in [2.45, 2.75) is 32.0 Å². The van der Waals surface area contributed by atoms with Crippen LogP contribution in [-0.2, 0) is 4.74 Å². The molecular formula is C15H18N2O3. The Labute approximate surface area is 117 Å². The number of hydrogen-bond acceptors (Lipinski definition) is 5. The van der Waals surface area contributed by atoms with Gasteiger partial charge in [-0.25, -0.2) is 0 Å². The van der Waals surface area contributed by atoms with E-state index < -0.39 is 6.10 Å². The molecule has 1 fully saturated rings. The second kappa shape index (κ2) is 5.73. The van der Waals surface area contributed by atoms with Gasteiger partial charge in [0.05, 0.1) is 0 Å². The summed E-state index contributed by atoms with van der Waals surface area (Å²) in [6, 6.07) is 9.28. The fourth-order valence-corrected chi connectivity index (χ4v) is 2.25. The number of ether oxygens (including phenoxy) is 1. The number of nitrogens with zero attached hydrogens (tertiary/aromatic N) is 2. The smallest absolute Gasteiger partial charge is 0.260 e. The van der Waals surface area contributed by atoms with Gasteiger partial charge in [-0.3, -0.25) is 0 Å². The highest BCUT2D eigenvalue weighted by Gasteiger charge is 2.36. The van der Waals surface area contributed by atoms with Crippen LogP contribution in [0.1, 0.15) is 49.3 Å². The van der Waals surface area contributed by atoms with Crippen molar-refractivity contribution in [3.8, 4) is 0 Å². The predicted octanol–water partition coefficient (Wildman–Crippen LogP) is 2.64. The van der Waals surface area contributed by atoms with Crippen molar-refractivity contribution in [3.05, 3.63) is 47.6 Å². The maximum absolute atomic E-state index is 10.2. The van der Waals surface area contributed by atoms with Gasteiger partial charge in [0.1, 0.15) is 6.10 Å². The lowest BCUT2D eigenvalue weighted by molar-refractivity contribution is 0.0384. The molecule has 0 amide bonds. The van der Waals surface area contributed by atoms with Crippen LogP contribution in [0.4, 0.5) is 0 Å². The highest BCUT2D eigenvalue weighted by Crippen LogP contribution is 2.42. The number of rotatable bonds is 6. The van der Waals surface area contributed by atoms with Crippen molar-refractivity contribution in [1.82, 2.24) is 10.1 Å². The van der Waals surface area contributed by atoms with Gasteiger partial charge in [0.2, 0.25) is 5.82 Å². The first-order valence-electron chi connectivity index (χ1n) is 6.97. The molecule has 1 aliphatic carbocycles. The summed E-state index contributed by atoms with van der Waals surface area (Å²) in [7, 11) is 0. The number of benzene rings is 1. The van der Waals surface area contributed by atoms with Crippen LogP contribution in [0.3, 0.4) is 0 Å². The van der Waals surface area contributed by atoms with Crippen LogP contribution in [0.25, 0.3) is 0 Å².